The Labute approximate surface area is 99.1 Å². The van der Waals surface area contributed by atoms with Gasteiger partial charge in [0.05, 0.1) is 0 Å². The van der Waals surface area contributed by atoms with Crippen LogP contribution < -0.4 is 0 Å². The van der Waals surface area contributed by atoms with Crippen LogP contribution >= 0.6 is 0 Å². The molecule has 0 saturated carbocycles. The van der Waals surface area contributed by atoms with E-state index in [4.69, 9.17) is 0 Å². The van der Waals surface area contributed by atoms with Crippen molar-refractivity contribution in [1.29, 1.82) is 0 Å². The van der Waals surface area contributed by atoms with Crippen molar-refractivity contribution in [1.82, 2.24) is 4.98 Å². The molecule has 0 aliphatic heterocycles. The Morgan fingerprint density at radius 1 is 0.941 bits per heavy atom. The average Bonchev–Trinajstić information content (AvgIpc) is 2.38. The van der Waals surface area contributed by atoms with E-state index in [-0.39, 0.29) is 0 Å². The van der Waals surface area contributed by atoms with Gasteiger partial charge in [0, 0.05) is 23.5 Å². The molecule has 0 N–H and O–H groups in total. The summed E-state index contributed by atoms with van der Waals surface area (Å²) < 4.78 is 0. The molecule has 2 aromatic rings. The fourth-order valence-corrected chi connectivity index (χ4v) is 1.55. The van der Waals surface area contributed by atoms with Crippen molar-refractivity contribution in [3.8, 4) is 0 Å². The normalized spacial score (nSPS) is 9.94. The predicted octanol–water partition coefficient (Wildman–Crippen LogP) is 2.46. The molecule has 1 aromatic heterocycles. The number of hydrogen-bond donors (Lipinski definition) is 0. The predicted molar refractivity (Wildman–Crippen MR) is 64.1 cm³/mol. The summed E-state index contributed by atoms with van der Waals surface area (Å²) in [5.41, 5.74) is 1.75. The summed E-state index contributed by atoms with van der Waals surface area (Å²) in [4.78, 5) is 27.6. The van der Waals surface area contributed by atoms with E-state index in [1.54, 1.807) is 18.2 Å². The number of aromatic nitrogens is 1. The van der Waals surface area contributed by atoms with Crippen LogP contribution in [0.2, 0.25) is 0 Å². The first-order valence-electron chi connectivity index (χ1n) is 5.24. The fraction of sp³-hybridized carbons (Fsp3) is 0.0714. The second-order valence-corrected chi connectivity index (χ2v) is 3.76. The molecule has 0 atom stereocenters. The summed E-state index contributed by atoms with van der Waals surface area (Å²) in [7, 11) is 0. The molecule has 0 fully saturated rings. The number of carbonyl (C=O) groups excluding carboxylic acids is 2. The van der Waals surface area contributed by atoms with Crippen LogP contribution in [0, 0.1) is 6.92 Å². The highest BCUT2D eigenvalue weighted by molar-refractivity contribution is 6.49. The van der Waals surface area contributed by atoms with E-state index in [0.29, 0.717) is 11.1 Å². The third-order valence-electron chi connectivity index (χ3n) is 2.43. The lowest BCUT2D eigenvalue weighted by Crippen LogP contribution is -2.14. The van der Waals surface area contributed by atoms with Crippen molar-refractivity contribution in [2.45, 2.75) is 6.92 Å². The van der Waals surface area contributed by atoms with Crippen LogP contribution in [0.15, 0.2) is 48.8 Å². The van der Waals surface area contributed by atoms with Crippen LogP contribution in [0.4, 0.5) is 0 Å². The lowest BCUT2D eigenvalue weighted by atomic mass is 10.0. The maximum absolute atomic E-state index is 11.9. The zero-order valence-electron chi connectivity index (χ0n) is 9.38. The van der Waals surface area contributed by atoms with Crippen LogP contribution in [-0.4, -0.2) is 16.6 Å². The second kappa shape index (κ2) is 4.70. The number of benzene rings is 1. The second-order valence-electron chi connectivity index (χ2n) is 3.76. The Bertz CT molecular complexity index is 561. The van der Waals surface area contributed by atoms with E-state index >= 15 is 0 Å². The Balaban J connectivity index is 2.30. The summed E-state index contributed by atoms with van der Waals surface area (Å²) in [6, 6.07) is 10.1. The van der Waals surface area contributed by atoms with Crippen molar-refractivity contribution in [3.63, 3.8) is 0 Å². The van der Waals surface area contributed by atoms with Gasteiger partial charge in [0.2, 0.25) is 11.6 Å². The summed E-state index contributed by atoms with van der Waals surface area (Å²) in [6.45, 7) is 1.88. The average molecular weight is 225 g/mol. The molecule has 0 radical (unpaired) electrons. The summed E-state index contributed by atoms with van der Waals surface area (Å²) in [6.07, 6.45) is 2.99. The SMILES string of the molecule is Cc1cccc(C(=O)C(=O)c2ccncc2)c1. The summed E-state index contributed by atoms with van der Waals surface area (Å²) in [5.74, 6) is -0.988. The van der Waals surface area contributed by atoms with E-state index in [9.17, 15) is 9.59 Å². The van der Waals surface area contributed by atoms with Crippen LogP contribution in [0.5, 0.6) is 0 Å². The lowest BCUT2D eigenvalue weighted by molar-refractivity contribution is 0.0817. The molecule has 0 saturated heterocycles. The first-order chi connectivity index (χ1) is 8.18. The van der Waals surface area contributed by atoms with Crippen LogP contribution in [0.3, 0.4) is 0 Å². The zero-order chi connectivity index (χ0) is 12.3. The Kier molecular flexibility index (Phi) is 3.10. The quantitative estimate of drug-likeness (QED) is 0.595. The molecular formula is C14H11NO2. The van der Waals surface area contributed by atoms with E-state index in [0.717, 1.165) is 5.56 Å². The molecule has 1 aromatic carbocycles. The fourth-order valence-electron chi connectivity index (χ4n) is 1.55. The minimum atomic E-state index is -0.502. The van der Waals surface area contributed by atoms with Gasteiger partial charge in [-0.3, -0.25) is 14.6 Å². The van der Waals surface area contributed by atoms with Gasteiger partial charge in [-0.1, -0.05) is 23.8 Å². The van der Waals surface area contributed by atoms with Crippen molar-refractivity contribution in [2.75, 3.05) is 0 Å². The van der Waals surface area contributed by atoms with Crippen molar-refractivity contribution < 1.29 is 9.59 Å². The van der Waals surface area contributed by atoms with E-state index in [2.05, 4.69) is 4.98 Å². The van der Waals surface area contributed by atoms with Gasteiger partial charge >= 0.3 is 0 Å². The van der Waals surface area contributed by atoms with Gasteiger partial charge in [0.25, 0.3) is 0 Å². The number of Topliss-reactive ketones (excluding diaryl/α,β-unsaturated/α-hetero) is 2. The summed E-state index contributed by atoms with van der Waals surface area (Å²) in [5, 5.41) is 0. The Morgan fingerprint density at radius 2 is 1.59 bits per heavy atom. The molecule has 2 rings (SSSR count). The molecule has 0 spiro atoms. The number of carbonyl (C=O) groups is 2. The maximum atomic E-state index is 11.9. The molecule has 0 aliphatic rings. The number of hydrogen-bond acceptors (Lipinski definition) is 3. The molecule has 0 unspecified atom stereocenters. The standard InChI is InChI=1S/C14H11NO2/c1-10-3-2-4-12(9-10)14(17)13(16)11-5-7-15-8-6-11/h2-9H,1H3. The van der Waals surface area contributed by atoms with Crippen LogP contribution in [0.1, 0.15) is 26.3 Å². The molecule has 0 aliphatic carbocycles. The summed E-state index contributed by atoms with van der Waals surface area (Å²) >= 11 is 0. The molecule has 17 heavy (non-hydrogen) atoms. The van der Waals surface area contributed by atoms with Gasteiger partial charge in [-0.05, 0) is 25.1 Å². The van der Waals surface area contributed by atoms with Crippen LogP contribution in [0.25, 0.3) is 0 Å². The minimum absolute atomic E-state index is 0.367. The van der Waals surface area contributed by atoms with E-state index < -0.39 is 11.6 Å². The highest BCUT2D eigenvalue weighted by Crippen LogP contribution is 2.09. The van der Waals surface area contributed by atoms with Gasteiger partial charge in [-0.2, -0.15) is 0 Å². The van der Waals surface area contributed by atoms with E-state index in [1.807, 2.05) is 13.0 Å². The molecule has 84 valence electrons. The van der Waals surface area contributed by atoms with Gasteiger partial charge in [-0.15, -0.1) is 0 Å². The van der Waals surface area contributed by atoms with Crippen molar-refractivity contribution in [3.05, 3.63) is 65.5 Å². The third kappa shape index (κ3) is 2.45. The number of pyridine rings is 1. The highest BCUT2D eigenvalue weighted by atomic mass is 16.2. The Hall–Kier alpha value is -2.29. The zero-order valence-corrected chi connectivity index (χ0v) is 9.38. The number of aryl methyl sites for hydroxylation is 1. The van der Waals surface area contributed by atoms with Gasteiger partial charge < -0.3 is 0 Å². The molecular weight excluding hydrogens is 214 g/mol. The molecule has 0 bridgehead atoms. The first-order valence-corrected chi connectivity index (χ1v) is 5.24. The molecule has 0 amide bonds. The van der Waals surface area contributed by atoms with E-state index in [1.165, 1.54) is 24.5 Å². The molecule has 3 nitrogen and oxygen atoms in total. The maximum Gasteiger partial charge on any atom is 0.233 e. The minimum Gasteiger partial charge on any atom is -0.285 e. The largest absolute Gasteiger partial charge is 0.285 e. The van der Waals surface area contributed by atoms with Crippen molar-refractivity contribution >= 4 is 11.6 Å². The van der Waals surface area contributed by atoms with Crippen LogP contribution in [-0.2, 0) is 0 Å². The smallest absolute Gasteiger partial charge is 0.233 e. The number of rotatable bonds is 3. The monoisotopic (exact) mass is 225 g/mol. The molecule has 3 heteroatoms. The Morgan fingerprint density at radius 3 is 2.24 bits per heavy atom. The van der Waals surface area contributed by atoms with Crippen molar-refractivity contribution in [2.24, 2.45) is 0 Å². The highest BCUT2D eigenvalue weighted by Gasteiger charge is 2.17. The van der Waals surface area contributed by atoms with Gasteiger partial charge in [0.1, 0.15) is 0 Å². The van der Waals surface area contributed by atoms with Gasteiger partial charge in [-0.25, -0.2) is 0 Å². The third-order valence-corrected chi connectivity index (χ3v) is 2.43. The number of nitrogens with zero attached hydrogens (tertiary/aromatic N) is 1. The van der Waals surface area contributed by atoms with Gasteiger partial charge in [0.15, 0.2) is 0 Å². The topological polar surface area (TPSA) is 47.0 Å². The first kappa shape index (κ1) is 11.2. The lowest BCUT2D eigenvalue weighted by Gasteiger charge is -2.01. The number of ketones is 2. The molecule has 1 heterocycles.